The van der Waals surface area contributed by atoms with E-state index in [1.165, 1.54) is 0 Å². The van der Waals surface area contributed by atoms with Crippen molar-refractivity contribution in [1.29, 1.82) is 0 Å². The molecule has 1 atom stereocenters. The van der Waals surface area contributed by atoms with Crippen LogP contribution in [0.4, 0.5) is 26.3 Å². The first-order chi connectivity index (χ1) is 17.3. The lowest BCUT2D eigenvalue weighted by Gasteiger charge is -2.18. The van der Waals surface area contributed by atoms with Crippen LogP contribution in [0.3, 0.4) is 0 Å². The molecule has 0 aromatic heterocycles. The number of thioether (sulfide) groups is 1. The molecule has 0 saturated heterocycles. The number of sulfone groups is 1. The van der Waals surface area contributed by atoms with Crippen molar-refractivity contribution in [2.24, 2.45) is 0 Å². The molecule has 1 rings (SSSR count). The summed E-state index contributed by atoms with van der Waals surface area (Å²) in [6, 6.07) is -0.813. The van der Waals surface area contributed by atoms with Crippen molar-refractivity contribution < 1.29 is 63.6 Å². The summed E-state index contributed by atoms with van der Waals surface area (Å²) in [5, 5.41) is 13.9. The van der Waals surface area contributed by atoms with Crippen LogP contribution in [-0.4, -0.2) is 104 Å². The highest BCUT2D eigenvalue weighted by molar-refractivity contribution is 7.99. The van der Waals surface area contributed by atoms with Crippen molar-refractivity contribution >= 4 is 51.4 Å². The highest BCUT2D eigenvalue weighted by atomic mass is 32.2. The number of hydrogen-bond acceptors (Lipinski definition) is 9. The molecule has 0 aromatic rings. The molecular weight excluding hydrogens is 572 g/mol. The van der Waals surface area contributed by atoms with E-state index < -0.39 is 63.3 Å². The number of alkyl halides is 6. The third kappa shape index (κ3) is 18.1. The van der Waals surface area contributed by atoms with Gasteiger partial charge in [0.25, 0.3) is 0 Å². The van der Waals surface area contributed by atoms with E-state index in [4.69, 9.17) is 9.90 Å². The Morgan fingerprint density at radius 1 is 1.08 bits per heavy atom. The van der Waals surface area contributed by atoms with Gasteiger partial charge >= 0.3 is 12.4 Å². The molecule has 2 amide bonds. The first kappa shape index (κ1) is 35.8. The third-order valence-corrected chi connectivity index (χ3v) is 6.44. The van der Waals surface area contributed by atoms with Crippen molar-refractivity contribution in [2.75, 3.05) is 43.1 Å². The fourth-order valence-electron chi connectivity index (χ4n) is 2.87. The number of rotatable bonds is 13. The molecule has 0 unspecified atom stereocenters. The average Bonchev–Trinajstić information content (AvgIpc) is 2.75. The van der Waals surface area contributed by atoms with Gasteiger partial charge in [0.15, 0.2) is 16.4 Å². The van der Waals surface area contributed by atoms with Crippen molar-refractivity contribution in [3.8, 4) is 0 Å². The van der Waals surface area contributed by atoms with Gasteiger partial charge in [0.05, 0.1) is 18.3 Å². The van der Waals surface area contributed by atoms with Gasteiger partial charge in [0, 0.05) is 19.1 Å². The van der Waals surface area contributed by atoms with Crippen molar-refractivity contribution in [3.63, 3.8) is 0 Å². The summed E-state index contributed by atoms with van der Waals surface area (Å²) in [7, 11) is -3.59. The number of nitrogens with zero attached hydrogens (tertiary/aromatic N) is 1. The predicted molar refractivity (Wildman–Crippen MR) is 123 cm³/mol. The highest BCUT2D eigenvalue weighted by Gasteiger charge is 2.37. The molecule has 220 valence electrons. The minimum absolute atomic E-state index is 0.217. The van der Waals surface area contributed by atoms with Crippen LogP contribution in [0.2, 0.25) is 0 Å². The monoisotopic (exact) mass is 601 g/mol. The van der Waals surface area contributed by atoms with E-state index >= 15 is 0 Å². The summed E-state index contributed by atoms with van der Waals surface area (Å²) in [4.78, 5) is 43.8. The van der Waals surface area contributed by atoms with Gasteiger partial charge in [0.1, 0.15) is 24.5 Å². The van der Waals surface area contributed by atoms with Gasteiger partial charge in [-0.3, -0.25) is 25.0 Å². The molecule has 0 saturated carbocycles. The van der Waals surface area contributed by atoms with Crippen LogP contribution in [0, 0.1) is 0 Å². The Morgan fingerprint density at radius 2 is 1.68 bits per heavy atom. The van der Waals surface area contributed by atoms with Crippen LogP contribution in [0.15, 0.2) is 0 Å². The normalized spacial score (nSPS) is 15.0. The number of nitrogens with one attached hydrogen (secondary N) is 2. The predicted octanol–water partition coefficient (Wildman–Crippen LogP) is -0.157. The van der Waals surface area contributed by atoms with Gasteiger partial charge in [-0.15, -0.1) is 0 Å². The Hall–Kier alpha value is -2.21. The Bertz CT molecular complexity index is 954. The minimum Gasteiger partial charge on any atom is -0.542 e. The zero-order chi connectivity index (χ0) is 29.6. The maximum atomic E-state index is 12.4. The molecule has 0 bridgehead atoms. The maximum Gasteiger partial charge on any atom is 0.450 e. The van der Waals surface area contributed by atoms with Gasteiger partial charge < -0.3 is 9.90 Å². The molecule has 0 spiro atoms. The van der Waals surface area contributed by atoms with Crippen LogP contribution in [0.25, 0.3) is 0 Å². The fourth-order valence-corrected chi connectivity index (χ4v) is 4.28. The fraction of sp³-hybridized carbons (Fsp3) is 0.750. The number of carbonyl (C=O) groups excluding carboxylic acids is 4. The zero-order valence-corrected chi connectivity index (χ0v) is 22.0. The average molecular weight is 602 g/mol. The number of amides is 2. The minimum atomic E-state index is -5.19. The summed E-state index contributed by atoms with van der Waals surface area (Å²) < 4.78 is 92.7. The summed E-state index contributed by atoms with van der Waals surface area (Å²) in [5.74, 6) is -7.72. The first-order valence-electron chi connectivity index (χ1n) is 11.1. The Balaban J connectivity index is 0.00000171. The lowest BCUT2D eigenvalue weighted by Crippen LogP contribution is -2.49. The second kappa shape index (κ2) is 16.7. The van der Waals surface area contributed by atoms with Crippen LogP contribution in [0.1, 0.15) is 32.1 Å². The second-order valence-corrected chi connectivity index (χ2v) is 11.3. The molecule has 1 heterocycles. The Labute approximate surface area is 219 Å². The maximum absolute atomic E-state index is 12.4. The zero-order valence-electron chi connectivity index (χ0n) is 20.3. The summed E-state index contributed by atoms with van der Waals surface area (Å²) in [5.41, 5.74) is 0. The molecule has 1 aliphatic heterocycles. The van der Waals surface area contributed by atoms with E-state index in [2.05, 4.69) is 21.4 Å². The number of Topliss-reactive ketones (excluding diaryl/α,β-unsaturated/α-hetero) is 1. The first-order valence-corrected chi connectivity index (χ1v) is 14.3. The second-order valence-electron chi connectivity index (χ2n) is 8.10. The topological polar surface area (TPSA) is 153 Å². The highest BCUT2D eigenvalue weighted by Crippen LogP contribution is 2.19. The van der Waals surface area contributed by atoms with Gasteiger partial charge in [-0.25, -0.2) is 13.0 Å². The molecule has 0 fully saturated rings. The van der Waals surface area contributed by atoms with Crippen LogP contribution in [0.5, 0.6) is 0 Å². The van der Waals surface area contributed by atoms with Crippen molar-refractivity contribution in [3.05, 3.63) is 0 Å². The number of imide groups is 1. The molecule has 1 aliphatic rings. The van der Waals surface area contributed by atoms with Gasteiger partial charge in [0.2, 0.25) is 17.6 Å². The van der Waals surface area contributed by atoms with E-state index in [9.17, 15) is 49.1 Å². The Morgan fingerprint density at radius 3 is 2.16 bits per heavy atom. The van der Waals surface area contributed by atoms with E-state index in [-0.39, 0.29) is 12.2 Å². The summed E-state index contributed by atoms with van der Waals surface area (Å²) >= 11 is 0.822. The summed E-state index contributed by atoms with van der Waals surface area (Å²) in [6.45, 7) is 2.00. The van der Waals surface area contributed by atoms with E-state index in [0.717, 1.165) is 43.8 Å². The summed E-state index contributed by atoms with van der Waals surface area (Å²) in [6.07, 6.45) is -3.35. The SMILES string of the molecule is CS(=O)(=O)CC(=O)NC(=O)[C@H](CCCSCC(=O)C(F)(F)F)NCC[N+]1=CCCCC1.O=C([O-])C(F)(F)F. The van der Waals surface area contributed by atoms with E-state index in [1.807, 2.05) is 0 Å². The van der Waals surface area contributed by atoms with Crippen LogP contribution >= 0.6 is 11.8 Å². The third-order valence-electron chi connectivity index (χ3n) is 4.61. The number of hydrogen-bond donors (Lipinski definition) is 2. The number of carboxylic acid groups (broad SMARTS) is 1. The van der Waals surface area contributed by atoms with Gasteiger partial charge in [-0.1, -0.05) is 0 Å². The largest absolute Gasteiger partial charge is 0.542 e. The molecular formula is C20H29F6N3O7S2. The Kier molecular flexibility index (Phi) is 15.7. The quantitative estimate of drug-likeness (QED) is 0.167. The lowest BCUT2D eigenvalue weighted by atomic mass is 10.1. The molecule has 2 N–H and O–H groups in total. The van der Waals surface area contributed by atoms with E-state index in [1.54, 1.807) is 0 Å². The molecule has 38 heavy (non-hydrogen) atoms. The smallest absolute Gasteiger partial charge is 0.450 e. The lowest BCUT2D eigenvalue weighted by molar-refractivity contribution is -0.526. The van der Waals surface area contributed by atoms with Gasteiger partial charge in [-0.05, 0) is 25.0 Å². The van der Waals surface area contributed by atoms with E-state index in [0.29, 0.717) is 19.5 Å². The number of aliphatic carboxylic acids is 1. The molecule has 10 nitrogen and oxygen atoms in total. The molecule has 0 aromatic carbocycles. The van der Waals surface area contributed by atoms with Crippen LogP contribution < -0.4 is 15.7 Å². The van der Waals surface area contributed by atoms with Gasteiger partial charge in [-0.2, -0.15) is 38.1 Å². The van der Waals surface area contributed by atoms with Crippen LogP contribution in [-0.2, 0) is 29.0 Å². The number of halogens is 6. The standard InChI is InChI=1S/C18H28F3N3O5S2.C2HF3O2/c1-31(28,29)13-16(26)23-17(27)14(22-7-10-24-8-3-2-4-9-24)6-5-11-30-12-15(25)18(19,20)21;3-2(4,5)1(6)7/h8,14,22H,2-7,9-13H2,1H3;(H,6,7)/t14-;/m0./s1. The number of ketones is 1. The van der Waals surface area contributed by atoms with Crippen molar-refractivity contribution in [1.82, 2.24) is 10.6 Å². The van der Waals surface area contributed by atoms with Crippen molar-refractivity contribution in [2.45, 2.75) is 50.5 Å². The molecule has 0 aliphatic carbocycles. The molecule has 0 radical (unpaired) electrons. The molecule has 18 heteroatoms. The number of carboxylic acids is 1. The number of carbonyl (C=O) groups is 4.